The highest BCUT2D eigenvalue weighted by atomic mass is 35.5. The molecule has 0 spiro atoms. The van der Waals surface area contributed by atoms with Gasteiger partial charge >= 0.3 is 0 Å². The summed E-state index contributed by atoms with van der Waals surface area (Å²) in [6.45, 7) is -0.569. The summed E-state index contributed by atoms with van der Waals surface area (Å²) in [6, 6.07) is 8.24. The van der Waals surface area contributed by atoms with Crippen LogP contribution < -0.4 is 0 Å². The first-order valence-corrected chi connectivity index (χ1v) is 9.54. The van der Waals surface area contributed by atoms with Crippen molar-refractivity contribution < 1.29 is 26.8 Å². The summed E-state index contributed by atoms with van der Waals surface area (Å²) in [5.41, 5.74) is 0.840. The molecule has 26 heavy (non-hydrogen) atoms. The normalized spacial score (nSPS) is 11.7. The maximum Gasteiger partial charge on any atom is 0.181 e. The number of aliphatic hydroxyl groups is 1. The fourth-order valence-electron chi connectivity index (χ4n) is 2.62. The molecule has 3 aromatic rings. The van der Waals surface area contributed by atoms with Crippen LogP contribution in [-0.2, 0) is 16.4 Å². The molecule has 2 aromatic carbocycles. The predicted molar refractivity (Wildman–Crippen MR) is 91.3 cm³/mol. The molecule has 136 valence electrons. The fourth-order valence-corrected chi connectivity index (χ4v) is 3.64. The van der Waals surface area contributed by atoms with E-state index in [1.54, 1.807) is 24.3 Å². The zero-order valence-electron chi connectivity index (χ0n) is 13.3. The third kappa shape index (κ3) is 3.35. The number of halogens is 3. The molecule has 0 saturated carbocycles. The average Bonchev–Trinajstić information content (AvgIpc) is 2.96. The molecule has 3 rings (SSSR count). The standard InChI is InChI=1S/C17H12ClF2NO4S/c1-26(23,24)17-12(19)6-10(7-13(17)20)15-14(8-22)25-21-16(15)9-3-2-4-11(18)5-9/h2-7,22H,8H2,1H3. The highest BCUT2D eigenvalue weighted by Gasteiger charge is 2.25. The summed E-state index contributed by atoms with van der Waals surface area (Å²) in [5.74, 6) is -2.51. The van der Waals surface area contributed by atoms with Crippen molar-refractivity contribution in [3.05, 3.63) is 58.8 Å². The van der Waals surface area contributed by atoms with Gasteiger partial charge in [0, 0.05) is 16.8 Å². The molecule has 1 heterocycles. The van der Waals surface area contributed by atoms with Crippen molar-refractivity contribution in [3.8, 4) is 22.4 Å². The highest BCUT2D eigenvalue weighted by molar-refractivity contribution is 7.90. The van der Waals surface area contributed by atoms with Crippen LogP contribution in [0.1, 0.15) is 5.76 Å². The van der Waals surface area contributed by atoms with E-state index in [4.69, 9.17) is 16.1 Å². The number of nitrogens with zero attached hydrogens (tertiary/aromatic N) is 1. The van der Waals surface area contributed by atoms with Gasteiger partial charge < -0.3 is 9.63 Å². The molecule has 0 aliphatic rings. The fraction of sp³-hybridized carbons (Fsp3) is 0.118. The van der Waals surface area contributed by atoms with Gasteiger partial charge in [0.2, 0.25) is 0 Å². The van der Waals surface area contributed by atoms with E-state index in [9.17, 15) is 22.3 Å². The van der Waals surface area contributed by atoms with Gasteiger partial charge in [-0.2, -0.15) is 0 Å². The van der Waals surface area contributed by atoms with Crippen LogP contribution >= 0.6 is 11.6 Å². The van der Waals surface area contributed by atoms with Crippen molar-refractivity contribution in [1.29, 1.82) is 0 Å². The summed E-state index contributed by atoms with van der Waals surface area (Å²) in [5, 5.41) is 13.7. The first-order valence-electron chi connectivity index (χ1n) is 7.27. The molecule has 0 saturated heterocycles. The van der Waals surface area contributed by atoms with Crippen LogP contribution in [0.5, 0.6) is 0 Å². The van der Waals surface area contributed by atoms with Crippen LogP contribution in [0.15, 0.2) is 45.8 Å². The Balaban J connectivity index is 2.26. The number of aromatic nitrogens is 1. The minimum Gasteiger partial charge on any atom is -0.388 e. The third-order valence-corrected chi connectivity index (χ3v) is 5.03. The van der Waals surface area contributed by atoms with E-state index in [0.717, 1.165) is 12.1 Å². The van der Waals surface area contributed by atoms with Gasteiger partial charge in [-0.25, -0.2) is 17.2 Å². The molecule has 0 unspecified atom stereocenters. The Hall–Kier alpha value is -2.29. The molecule has 0 aliphatic carbocycles. The maximum atomic E-state index is 14.3. The second kappa shape index (κ2) is 6.79. The van der Waals surface area contributed by atoms with Gasteiger partial charge in [-0.15, -0.1) is 0 Å². The molecule has 0 aliphatic heterocycles. The number of sulfone groups is 1. The number of aliphatic hydroxyl groups excluding tert-OH is 1. The van der Waals surface area contributed by atoms with E-state index < -0.39 is 33.0 Å². The van der Waals surface area contributed by atoms with Gasteiger partial charge in [0.25, 0.3) is 0 Å². The lowest BCUT2D eigenvalue weighted by Gasteiger charge is -2.08. The van der Waals surface area contributed by atoms with Gasteiger partial charge in [-0.05, 0) is 29.8 Å². The van der Waals surface area contributed by atoms with Crippen LogP contribution in [0.25, 0.3) is 22.4 Å². The first kappa shape index (κ1) is 18.5. The zero-order valence-corrected chi connectivity index (χ0v) is 14.9. The molecule has 5 nitrogen and oxygen atoms in total. The molecular formula is C17H12ClF2NO4S. The topological polar surface area (TPSA) is 80.4 Å². The molecule has 1 aromatic heterocycles. The second-order valence-electron chi connectivity index (χ2n) is 5.54. The summed E-state index contributed by atoms with van der Waals surface area (Å²) in [7, 11) is -4.09. The summed E-state index contributed by atoms with van der Waals surface area (Å²) in [6.07, 6.45) is 0.712. The largest absolute Gasteiger partial charge is 0.388 e. The highest BCUT2D eigenvalue weighted by Crippen LogP contribution is 2.37. The van der Waals surface area contributed by atoms with E-state index >= 15 is 0 Å². The number of hydrogen-bond acceptors (Lipinski definition) is 5. The smallest absolute Gasteiger partial charge is 0.181 e. The summed E-state index contributed by atoms with van der Waals surface area (Å²) in [4.78, 5) is -1.02. The number of benzene rings is 2. The van der Waals surface area contributed by atoms with Crippen LogP contribution in [0, 0.1) is 11.6 Å². The average molecular weight is 400 g/mol. The molecule has 0 radical (unpaired) electrons. The lowest BCUT2D eigenvalue weighted by molar-refractivity contribution is 0.230. The van der Waals surface area contributed by atoms with Crippen LogP contribution in [0.2, 0.25) is 5.02 Å². The molecule has 0 atom stereocenters. The Morgan fingerprint density at radius 1 is 1.15 bits per heavy atom. The van der Waals surface area contributed by atoms with Crippen molar-refractivity contribution in [2.45, 2.75) is 11.5 Å². The van der Waals surface area contributed by atoms with Gasteiger partial charge in [-0.3, -0.25) is 0 Å². The summed E-state index contributed by atoms with van der Waals surface area (Å²) >= 11 is 5.96. The second-order valence-corrected chi connectivity index (χ2v) is 7.93. The Morgan fingerprint density at radius 2 is 1.81 bits per heavy atom. The van der Waals surface area contributed by atoms with E-state index in [0.29, 0.717) is 16.8 Å². The lowest BCUT2D eigenvalue weighted by Crippen LogP contribution is -2.05. The zero-order chi connectivity index (χ0) is 19.1. The molecule has 0 fully saturated rings. The Kier molecular flexibility index (Phi) is 4.83. The SMILES string of the molecule is CS(=O)(=O)c1c(F)cc(-c2c(-c3cccc(Cl)c3)noc2CO)cc1F. The first-order chi connectivity index (χ1) is 12.2. The third-order valence-electron chi connectivity index (χ3n) is 3.66. The van der Waals surface area contributed by atoms with Crippen LogP contribution in [0.3, 0.4) is 0 Å². The van der Waals surface area contributed by atoms with Crippen molar-refractivity contribution in [2.24, 2.45) is 0 Å². The molecule has 0 amide bonds. The van der Waals surface area contributed by atoms with Crippen molar-refractivity contribution >= 4 is 21.4 Å². The minimum absolute atomic E-state index is 0.0207. The van der Waals surface area contributed by atoms with Crippen molar-refractivity contribution in [3.63, 3.8) is 0 Å². The summed E-state index contributed by atoms with van der Waals surface area (Å²) < 4.78 is 56.7. The maximum absolute atomic E-state index is 14.3. The van der Waals surface area contributed by atoms with E-state index in [-0.39, 0.29) is 22.6 Å². The van der Waals surface area contributed by atoms with Crippen LogP contribution in [-0.4, -0.2) is 24.9 Å². The molecular weight excluding hydrogens is 388 g/mol. The van der Waals surface area contributed by atoms with Crippen LogP contribution in [0.4, 0.5) is 8.78 Å². The van der Waals surface area contributed by atoms with Crippen molar-refractivity contribution in [1.82, 2.24) is 5.16 Å². The van der Waals surface area contributed by atoms with Gasteiger partial charge in [0.15, 0.2) is 15.6 Å². The van der Waals surface area contributed by atoms with E-state index in [2.05, 4.69) is 5.16 Å². The lowest BCUT2D eigenvalue weighted by atomic mass is 9.99. The van der Waals surface area contributed by atoms with E-state index in [1.165, 1.54) is 0 Å². The van der Waals surface area contributed by atoms with Gasteiger partial charge in [0.1, 0.15) is 28.8 Å². The minimum atomic E-state index is -4.09. The molecule has 9 heteroatoms. The van der Waals surface area contributed by atoms with Crippen molar-refractivity contribution in [2.75, 3.05) is 6.26 Å². The van der Waals surface area contributed by atoms with Gasteiger partial charge in [-0.1, -0.05) is 28.9 Å². The number of rotatable bonds is 4. The Morgan fingerprint density at radius 3 is 2.35 bits per heavy atom. The Labute approximate surface area is 152 Å². The predicted octanol–water partition coefficient (Wildman–Crippen LogP) is 3.84. The van der Waals surface area contributed by atoms with Gasteiger partial charge in [0.05, 0.1) is 5.56 Å². The van der Waals surface area contributed by atoms with E-state index in [1.807, 2.05) is 0 Å². The quantitative estimate of drug-likeness (QED) is 0.721. The monoisotopic (exact) mass is 399 g/mol. The Bertz CT molecular complexity index is 1070. The molecule has 0 bridgehead atoms. The number of hydrogen-bond donors (Lipinski definition) is 1. The molecule has 1 N–H and O–H groups in total.